The van der Waals surface area contributed by atoms with E-state index in [1.165, 1.54) is 16.4 Å². The first-order valence-electron chi connectivity index (χ1n) is 9.37. The molecular formula is C20H26N4O4. The summed E-state index contributed by atoms with van der Waals surface area (Å²) in [4.78, 5) is 26.9. The third kappa shape index (κ3) is 4.69. The van der Waals surface area contributed by atoms with E-state index >= 15 is 0 Å². The Kier molecular flexibility index (Phi) is 6.30. The third-order valence-electron chi connectivity index (χ3n) is 4.63. The van der Waals surface area contributed by atoms with Crippen molar-refractivity contribution >= 4 is 17.3 Å². The average molecular weight is 386 g/mol. The number of carbonyl (C=O) groups is 1. The van der Waals surface area contributed by atoms with Crippen LogP contribution in [0.25, 0.3) is 0 Å². The zero-order valence-corrected chi connectivity index (χ0v) is 16.5. The van der Waals surface area contributed by atoms with Crippen LogP contribution in [0, 0.1) is 0 Å². The van der Waals surface area contributed by atoms with Crippen LogP contribution in [-0.4, -0.2) is 48.6 Å². The molecule has 1 aromatic heterocycles. The Bertz CT molecular complexity index is 871. The fourth-order valence-electron chi connectivity index (χ4n) is 2.99. The lowest BCUT2D eigenvalue weighted by Crippen LogP contribution is -2.41. The summed E-state index contributed by atoms with van der Waals surface area (Å²) in [7, 11) is 1.59. The number of aryl methyl sites for hydroxylation is 1. The molecule has 8 nitrogen and oxygen atoms in total. The number of carbonyl (C=O) groups excluding carboxylic acids is 1. The first-order valence-corrected chi connectivity index (χ1v) is 9.37. The Balaban J connectivity index is 1.68. The topological polar surface area (TPSA) is 85.7 Å². The molecule has 2 aromatic rings. The van der Waals surface area contributed by atoms with Gasteiger partial charge in [-0.1, -0.05) is 26.0 Å². The minimum atomic E-state index is -0.350. The van der Waals surface area contributed by atoms with Gasteiger partial charge in [0.1, 0.15) is 11.4 Å². The average Bonchev–Trinajstić information content (AvgIpc) is 2.70. The molecule has 1 aliphatic heterocycles. The number of rotatable bonds is 6. The van der Waals surface area contributed by atoms with Gasteiger partial charge < -0.3 is 19.7 Å². The van der Waals surface area contributed by atoms with E-state index in [-0.39, 0.29) is 18.1 Å². The standard InChI is InChI=1S/C20H26N4O4/c1-14(2)15-4-6-16(7-5-15)28-13-18(25)22-17-12-21-23(3)20(26)19(17)24-8-10-27-11-9-24/h4-7,12,14H,8-11,13H2,1-3H3,(H,22,25). The number of hydrogen-bond donors (Lipinski definition) is 1. The molecule has 1 N–H and O–H groups in total. The van der Waals surface area contributed by atoms with Crippen molar-refractivity contribution in [1.82, 2.24) is 9.78 Å². The number of morpholine rings is 1. The largest absolute Gasteiger partial charge is 0.484 e. The van der Waals surface area contributed by atoms with Crippen LogP contribution in [0.2, 0.25) is 0 Å². The first kappa shape index (κ1) is 19.9. The predicted molar refractivity (Wildman–Crippen MR) is 107 cm³/mol. The highest BCUT2D eigenvalue weighted by atomic mass is 16.5. The first-order chi connectivity index (χ1) is 13.5. The molecule has 1 saturated heterocycles. The van der Waals surface area contributed by atoms with Crippen LogP contribution in [0.5, 0.6) is 5.75 Å². The normalized spacial score (nSPS) is 14.2. The van der Waals surface area contributed by atoms with Crippen LogP contribution in [-0.2, 0) is 16.6 Å². The van der Waals surface area contributed by atoms with Gasteiger partial charge in [-0.15, -0.1) is 0 Å². The molecule has 8 heteroatoms. The zero-order valence-electron chi connectivity index (χ0n) is 16.5. The lowest BCUT2D eigenvalue weighted by atomic mass is 10.0. The van der Waals surface area contributed by atoms with E-state index in [9.17, 15) is 9.59 Å². The smallest absolute Gasteiger partial charge is 0.292 e. The van der Waals surface area contributed by atoms with Gasteiger partial charge in [0.15, 0.2) is 6.61 Å². The van der Waals surface area contributed by atoms with E-state index in [1.807, 2.05) is 29.2 Å². The molecule has 0 spiro atoms. The van der Waals surface area contributed by atoms with E-state index in [4.69, 9.17) is 9.47 Å². The molecule has 2 heterocycles. The van der Waals surface area contributed by atoms with Gasteiger partial charge in [-0.2, -0.15) is 5.10 Å². The SMILES string of the molecule is CC(C)c1ccc(OCC(=O)Nc2cnn(C)c(=O)c2N2CCOCC2)cc1. The summed E-state index contributed by atoms with van der Waals surface area (Å²) in [5.74, 6) is 0.705. The van der Waals surface area contributed by atoms with E-state index < -0.39 is 0 Å². The second-order valence-corrected chi connectivity index (χ2v) is 7.00. The van der Waals surface area contributed by atoms with Crippen molar-refractivity contribution < 1.29 is 14.3 Å². The molecule has 1 fully saturated rings. The number of amides is 1. The minimum Gasteiger partial charge on any atom is -0.484 e. The Morgan fingerprint density at radius 1 is 1.25 bits per heavy atom. The summed E-state index contributed by atoms with van der Waals surface area (Å²) in [6.07, 6.45) is 1.49. The van der Waals surface area contributed by atoms with Crippen LogP contribution in [0.4, 0.5) is 11.4 Å². The number of nitrogens with one attached hydrogen (secondary N) is 1. The Morgan fingerprint density at radius 2 is 1.93 bits per heavy atom. The molecule has 1 amide bonds. The van der Waals surface area contributed by atoms with Gasteiger partial charge in [0, 0.05) is 20.1 Å². The van der Waals surface area contributed by atoms with Crippen molar-refractivity contribution in [3.63, 3.8) is 0 Å². The van der Waals surface area contributed by atoms with Crippen LogP contribution in [0.15, 0.2) is 35.3 Å². The van der Waals surface area contributed by atoms with Crippen molar-refractivity contribution in [2.24, 2.45) is 7.05 Å². The fraction of sp³-hybridized carbons (Fsp3) is 0.450. The molecule has 0 saturated carbocycles. The molecule has 3 rings (SSSR count). The van der Waals surface area contributed by atoms with Gasteiger partial charge in [-0.3, -0.25) is 9.59 Å². The molecule has 150 valence electrons. The molecule has 28 heavy (non-hydrogen) atoms. The number of anilines is 2. The maximum absolute atomic E-state index is 12.6. The summed E-state index contributed by atoms with van der Waals surface area (Å²) in [6.45, 7) is 6.32. The van der Waals surface area contributed by atoms with Gasteiger partial charge in [0.2, 0.25) is 0 Å². The summed E-state index contributed by atoms with van der Waals surface area (Å²) in [5.41, 5.74) is 1.76. The lowest BCUT2D eigenvalue weighted by Gasteiger charge is -2.29. The molecule has 0 atom stereocenters. The highest BCUT2D eigenvalue weighted by Crippen LogP contribution is 2.22. The summed E-state index contributed by atoms with van der Waals surface area (Å²) >= 11 is 0. The highest BCUT2D eigenvalue weighted by molar-refractivity contribution is 5.94. The number of hydrogen-bond acceptors (Lipinski definition) is 6. The summed E-state index contributed by atoms with van der Waals surface area (Å²) < 4.78 is 12.2. The fourth-order valence-corrected chi connectivity index (χ4v) is 2.99. The zero-order chi connectivity index (χ0) is 20.1. The third-order valence-corrected chi connectivity index (χ3v) is 4.63. The number of aromatic nitrogens is 2. The molecule has 1 aliphatic rings. The van der Waals surface area contributed by atoms with Gasteiger partial charge in [-0.25, -0.2) is 4.68 Å². The maximum Gasteiger partial charge on any atom is 0.292 e. The van der Waals surface area contributed by atoms with Crippen molar-refractivity contribution in [3.05, 3.63) is 46.4 Å². The Morgan fingerprint density at radius 3 is 2.57 bits per heavy atom. The Labute approximate surface area is 164 Å². The predicted octanol–water partition coefficient (Wildman–Crippen LogP) is 1.76. The molecular weight excluding hydrogens is 360 g/mol. The molecule has 0 radical (unpaired) electrons. The van der Waals surface area contributed by atoms with E-state index in [1.54, 1.807) is 7.05 Å². The van der Waals surface area contributed by atoms with Crippen LogP contribution >= 0.6 is 0 Å². The van der Waals surface area contributed by atoms with Crippen LogP contribution in [0.1, 0.15) is 25.3 Å². The molecule has 0 bridgehead atoms. The monoisotopic (exact) mass is 386 g/mol. The minimum absolute atomic E-state index is 0.154. The lowest BCUT2D eigenvalue weighted by molar-refractivity contribution is -0.118. The number of benzene rings is 1. The summed E-state index contributed by atoms with van der Waals surface area (Å²) in [5, 5.41) is 6.78. The van der Waals surface area contributed by atoms with Gasteiger partial charge in [-0.05, 0) is 23.6 Å². The maximum atomic E-state index is 12.6. The van der Waals surface area contributed by atoms with Crippen molar-refractivity contribution in [1.29, 1.82) is 0 Å². The van der Waals surface area contributed by atoms with Gasteiger partial charge in [0.25, 0.3) is 11.5 Å². The second-order valence-electron chi connectivity index (χ2n) is 7.00. The Hall–Kier alpha value is -2.87. The van der Waals surface area contributed by atoms with E-state index in [2.05, 4.69) is 24.3 Å². The number of ether oxygens (including phenoxy) is 2. The van der Waals surface area contributed by atoms with Crippen molar-refractivity contribution in [2.45, 2.75) is 19.8 Å². The van der Waals surface area contributed by atoms with Crippen LogP contribution in [0.3, 0.4) is 0 Å². The quantitative estimate of drug-likeness (QED) is 0.814. The number of nitrogens with zero attached hydrogens (tertiary/aromatic N) is 3. The molecule has 1 aromatic carbocycles. The van der Waals surface area contributed by atoms with Gasteiger partial charge in [0.05, 0.1) is 25.1 Å². The summed E-state index contributed by atoms with van der Waals surface area (Å²) in [6, 6.07) is 7.67. The van der Waals surface area contributed by atoms with E-state index in [0.29, 0.717) is 49.3 Å². The van der Waals surface area contributed by atoms with Crippen molar-refractivity contribution in [3.8, 4) is 5.75 Å². The van der Waals surface area contributed by atoms with Crippen molar-refractivity contribution in [2.75, 3.05) is 43.1 Å². The second kappa shape index (κ2) is 8.88. The van der Waals surface area contributed by atoms with Crippen LogP contribution < -0.4 is 20.5 Å². The van der Waals surface area contributed by atoms with Gasteiger partial charge >= 0.3 is 0 Å². The van der Waals surface area contributed by atoms with E-state index in [0.717, 1.165) is 0 Å². The highest BCUT2D eigenvalue weighted by Gasteiger charge is 2.21. The molecule has 0 aliphatic carbocycles. The molecule has 0 unspecified atom stereocenters.